The first-order chi connectivity index (χ1) is 6.75. The minimum Gasteiger partial charge on any atom is -0.452 e. The van der Waals surface area contributed by atoms with E-state index in [1.165, 1.54) is 0 Å². The minimum atomic E-state index is 0.635. The second-order valence-corrected chi connectivity index (χ2v) is 3.70. The smallest absolute Gasteiger partial charge is 0.202 e. The molecule has 4 nitrogen and oxygen atoms in total. The Bertz CT molecular complexity index is 421. The summed E-state index contributed by atoms with van der Waals surface area (Å²) in [6.07, 6.45) is 3.64. The van der Waals surface area contributed by atoms with Crippen LogP contribution < -0.4 is 5.32 Å². The number of aromatic nitrogens is 2. The molecule has 0 radical (unpaired) electrons. The second kappa shape index (κ2) is 3.88. The highest BCUT2D eigenvalue weighted by atomic mass is 79.9. The zero-order valence-corrected chi connectivity index (χ0v) is 9.28. The Labute approximate surface area is 90.1 Å². The Morgan fingerprint density at radius 1 is 1.57 bits per heavy atom. The van der Waals surface area contributed by atoms with E-state index < -0.39 is 0 Å². The maximum Gasteiger partial charge on any atom is 0.202 e. The lowest BCUT2D eigenvalue weighted by Gasteiger charge is -2.02. The van der Waals surface area contributed by atoms with Crippen molar-refractivity contribution in [3.63, 3.8) is 0 Å². The number of nitrogens with one attached hydrogen (secondary N) is 1. The molecule has 0 fully saturated rings. The highest BCUT2D eigenvalue weighted by molar-refractivity contribution is 9.10. The van der Waals surface area contributed by atoms with Crippen LogP contribution >= 0.6 is 15.9 Å². The second-order valence-electron chi connectivity index (χ2n) is 2.92. The number of rotatable bonds is 3. The number of hydrogen-bond donors (Lipinski definition) is 1. The molecule has 1 N–H and O–H groups in total. The summed E-state index contributed by atoms with van der Waals surface area (Å²) in [6, 6.07) is 3.79. The van der Waals surface area contributed by atoms with Crippen molar-refractivity contribution in [1.82, 2.24) is 9.55 Å². The third kappa shape index (κ3) is 1.98. The molecule has 0 bridgehead atoms. The molecule has 74 valence electrons. The van der Waals surface area contributed by atoms with Gasteiger partial charge in [0.15, 0.2) is 4.67 Å². The van der Waals surface area contributed by atoms with Crippen molar-refractivity contribution < 1.29 is 4.42 Å². The van der Waals surface area contributed by atoms with Gasteiger partial charge in [-0.05, 0) is 28.1 Å². The van der Waals surface area contributed by atoms with Crippen LogP contribution in [-0.4, -0.2) is 9.55 Å². The first kappa shape index (κ1) is 9.33. The van der Waals surface area contributed by atoms with Gasteiger partial charge in [-0.15, -0.1) is 0 Å². The van der Waals surface area contributed by atoms with Crippen LogP contribution in [0.25, 0.3) is 0 Å². The van der Waals surface area contributed by atoms with E-state index in [1.54, 1.807) is 6.20 Å². The van der Waals surface area contributed by atoms with Crippen molar-refractivity contribution in [1.29, 1.82) is 0 Å². The molecule has 0 saturated carbocycles. The SMILES string of the molecule is Cn1ccnc1NCc1ccc(Br)o1. The minimum absolute atomic E-state index is 0.635. The third-order valence-corrected chi connectivity index (χ3v) is 2.30. The Balaban J connectivity index is 1.98. The van der Waals surface area contributed by atoms with Crippen molar-refractivity contribution >= 4 is 21.9 Å². The van der Waals surface area contributed by atoms with Crippen LogP contribution in [0, 0.1) is 0 Å². The van der Waals surface area contributed by atoms with E-state index in [1.807, 2.05) is 29.9 Å². The number of furan rings is 1. The third-order valence-electron chi connectivity index (χ3n) is 1.87. The summed E-state index contributed by atoms with van der Waals surface area (Å²) in [6.45, 7) is 0.635. The summed E-state index contributed by atoms with van der Waals surface area (Å²) in [5.41, 5.74) is 0. The molecule has 0 aliphatic heterocycles. The standard InChI is InChI=1S/C9H10BrN3O/c1-13-5-4-11-9(13)12-6-7-2-3-8(10)14-7/h2-5H,6H2,1H3,(H,11,12). The van der Waals surface area contributed by atoms with Gasteiger partial charge in [-0.2, -0.15) is 0 Å². The molecule has 2 aromatic heterocycles. The number of anilines is 1. The normalized spacial score (nSPS) is 10.4. The number of nitrogens with zero attached hydrogens (tertiary/aromatic N) is 2. The van der Waals surface area contributed by atoms with E-state index >= 15 is 0 Å². The predicted molar refractivity (Wildman–Crippen MR) is 56.9 cm³/mol. The van der Waals surface area contributed by atoms with Crippen molar-refractivity contribution in [3.05, 3.63) is 35.0 Å². The Hall–Kier alpha value is -1.23. The molecule has 2 aromatic rings. The van der Waals surface area contributed by atoms with Gasteiger partial charge in [-0.25, -0.2) is 4.98 Å². The van der Waals surface area contributed by atoms with Gasteiger partial charge in [0.05, 0.1) is 6.54 Å². The highest BCUT2D eigenvalue weighted by Crippen LogP contribution is 2.14. The lowest BCUT2D eigenvalue weighted by atomic mass is 10.4. The Kier molecular flexibility index (Phi) is 2.58. The van der Waals surface area contributed by atoms with Crippen molar-refractivity contribution in [2.75, 3.05) is 5.32 Å². The summed E-state index contributed by atoms with van der Waals surface area (Å²) in [4.78, 5) is 4.14. The van der Waals surface area contributed by atoms with Crippen LogP contribution in [-0.2, 0) is 13.6 Å². The average molecular weight is 256 g/mol. The molecule has 2 rings (SSSR count). The van der Waals surface area contributed by atoms with Gasteiger partial charge in [0.25, 0.3) is 0 Å². The van der Waals surface area contributed by atoms with Crippen LogP contribution in [0.3, 0.4) is 0 Å². The number of halogens is 1. The lowest BCUT2D eigenvalue weighted by molar-refractivity contribution is 0.495. The highest BCUT2D eigenvalue weighted by Gasteiger charge is 2.01. The average Bonchev–Trinajstić information content (AvgIpc) is 2.72. The Morgan fingerprint density at radius 2 is 2.43 bits per heavy atom. The van der Waals surface area contributed by atoms with Crippen molar-refractivity contribution in [2.45, 2.75) is 6.54 Å². The molecule has 0 saturated heterocycles. The van der Waals surface area contributed by atoms with E-state index in [4.69, 9.17) is 4.42 Å². The molecule has 0 aliphatic rings. The Morgan fingerprint density at radius 3 is 3.00 bits per heavy atom. The summed E-state index contributed by atoms with van der Waals surface area (Å²) >= 11 is 3.25. The van der Waals surface area contributed by atoms with Crippen LogP contribution in [0.15, 0.2) is 33.6 Å². The summed E-state index contributed by atoms with van der Waals surface area (Å²) in [5, 5.41) is 3.16. The van der Waals surface area contributed by atoms with Gasteiger partial charge in [0.1, 0.15) is 5.76 Å². The molecule has 0 aromatic carbocycles. The monoisotopic (exact) mass is 255 g/mol. The summed E-state index contributed by atoms with van der Waals surface area (Å²) in [5.74, 6) is 1.71. The summed E-state index contributed by atoms with van der Waals surface area (Å²) < 4.78 is 8.00. The van der Waals surface area contributed by atoms with Crippen molar-refractivity contribution in [2.24, 2.45) is 7.05 Å². The van der Waals surface area contributed by atoms with Gasteiger partial charge in [0.2, 0.25) is 5.95 Å². The fourth-order valence-electron chi connectivity index (χ4n) is 1.15. The molecule has 14 heavy (non-hydrogen) atoms. The number of imidazole rings is 1. The molecule has 0 spiro atoms. The van der Waals surface area contributed by atoms with E-state index in [-0.39, 0.29) is 0 Å². The van der Waals surface area contributed by atoms with Gasteiger partial charge >= 0.3 is 0 Å². The lowest BCUT2D eigenvalue weighted by Crippen LogP contribution is -2.03. The van der Waals surface area contributed by atoms with E-state index in [9.17, 15) is 0 Å². The maximum absolute atomic E-state index is 5.34. The topological polar surface area (TPSA) is 43.0 Å². The van der Waals surface area contributed by atoms with Crippen LogP contribution in [0.2, 0.25) is 0 Å². The largest absolute Gasteiger partial charge is 0.452 e. The molecule has 0 atom stereocenters. The zero-order chi connectivity index (χ0) is 9.97. The van der Waals surface area contributed by atoms with E-state index in [2.05, 4.69) is 26.2 Å². The molecular weight excluding hydrogens is 246 g/mol. The van der Waals surface area contributed by atoms with Gasteiger partial charge < -0.3 is 14.3 Å². The molecule has 0 unspecified atom stereocenters. The maximum atomic E-state index is 5.34. The molecular formula is C9H10BrN3O. The van der Waals surface area contributed by atoms with Crippen LogP contribution in [0.1, 0.15) is 5.76 Å². The van der Waals surface area contributed by atoms with Gasteiger partial charge in [-0.1, -0.05) is 0 Å². The van der Waals surface area contributed by atoms with Gasteiger partial charge in [-0.3, -0.25) is 0 Å². The van der Waals surface area contributed by atoms with Crippen LogP contribution in [0.5, 0.6) is 0 Å². The van der Waals surface area contributed by atoms with E-state index in [0.717, 1.165) is 16.4 Å². The molecule has 0 aliphatic carbocycles. The fourth-order valence-corrected chi connectivity index (χ4v) is 1.49. The van der Waals surface area contributed by atoms with E-state index in [0.29, 0.717) is 6.54 Å². The quantitative estimate of drug-likeness (QED) is 0.916. The molecule has 5 heteroatoms. The first-order valence-corrected chi connectivity index (χ1v) is 5.00. The number of hydrogen-bond acceptors (Lipinski definition) is 3. The zero-order valence-electron chi connectivity index (χ0n) is 7.70. The summed E-state index contributed by atoms with van der Waals surface area (Å²) in [7, 11) is 1.94. The van der Waals surface area contributed by atoms with Gasteiger partial charge in [0, 0.05) is 19.4 Å². The fraction of sp³-hybridized carbons (Fsp3) is 0.222. The number of aryl methyl sites for hydroxylation is 1. The molecule has 2 heterocycles. The predicted octanol–water partition coefficient (Wildman–Crippen LogP) is 2.39. The van der Waals surface area contributed by atoms with Crippen molar-refractivity contribution in [3.8, 4) is 0 Å². The molecule has 0 amide bonds. The van der Waals surface area contributed by atoms with Crippen LogP contribution in [0.4, 0.5) is 5.95 Å². The first-order valence-electron chi connectivity index (χ1n) is 4.21.